The van der Waals surface area contributed by atoms with Crippen LogP contribution in [0.2, 0.25) is 0 Å². The van der Waals surface area contributed by atoms with Gasteiger partial charge in [0.2, 0.25) is 5.91 Å². The predicted molar refractivity (Wildman–Crippen MR) is 81.3 cm³/mol. The van der Waals surface area contributed by atoms with E-state index in [2.05, 4.69) is 25.0 Å². The summed E-state index contributed by atoms with van der Waals surface area (Å²) in [6, 6.07) is 0.246. The Morgan fingerprint density at radius 1 is 1.41 bits per heavy atom. The fourth-order valence-electron chi connectivity index (χ4n) is 3.18. The van der Waals surface area contributed by atoms with Crippen LogP contribution in [0.3, 0.4) is 0 Å². The van der Waals surface area contributed by atoms with E-state index in [0.717, 1.165) is 43.9 Å². The van der Waals surface area contributed by atoms with Crippen molar-refractivity contribution in [1.29, 1.82) is 0 Å². The molecule has 7 heteroatoms. The normalized spacial score (nSPS) is 27.9. The second-order valence-electron chi connectivity index (χ2n) is 6.65. The molecule has 1 atom stereocenters. The van der Waals surface area contributed by atoms with E-state index in [9.17, 15) is 4.79 Å². The van der Waals surface area contributed by atoms with Gasteiger partial charge in [-0.15, -0.1) is 10.2 Å². The lowest BCUT2D eigenvalue weighted by Crippen LogP contribution is -2.47. The summed E-state index contributed by atoms with van der Waals surface area (Å²) in [5, 5.41) is 11.7. The van der Waals surface area contributed by atoms with Gasteiger partial charge in [-0.05, 0) is 39.8 Å². The van der Waals surface area contributed by atoms with Crippen LogP contribution in [-0.2, 0) is 23.1 Å². The molecule has 0 unspecified atom stereocenters. The first kappa shape index (κ1) is 15.4. The van der Waals surface area contributed by atoms with Gasteiger partial charge in [-0.1, -0.05) is 0 Å². The van der Waals surface area contributed by atoms with Gasteiger partial charge in [0.05, 0.1) is 6.54 Å². The van der Waals surface area contributed by atoms with E-state index in [1.807, 2.05) is 21.1 Å². The number of rotatable bonds is 5. The average molecular weight is 307 g/mol. The molecule has 7 nitrogen and oxygen atoms in total. The largest absolute Gasteiger partial charge is 0.368 e. The monoisotopic (exact) mass is 307 g/mol. The van der Waals surface area contributed by atoms with Crippen molar-refractivity contribution in [1.82, 2.24) is 25.0 Å². The lowest BCUT2D eigenvalue weighted by molar-refractivity contribution is -0.131. The smallest absolute Gasteiger partial charge is 0.249 e. The maximum absolute atomic E-state index is 12.0. The molecule has 2 fully saturated rings. The van der Waals surface area contributed by atoms with Crippen LogP contribution in [0, 0.1) is 0 Å². The highest BCUT2D eigenvalue weighted by Crippen LogP contribution is 2.36. The summed E-state index contributed by atoms with van der Waals surface area (Å²) in [6.45, 7) is 1.49. The zero-order chi connectivity index (χ0) is 15.7. The summed E-state index contributed by atoms with van der Waals surface area (Å²) in [7, 11) is 6.06. The average Bonchev–Trinajstić information content (AvgIpc) is 3.05. The Kier molecular flexibility index (Phi) is 4.44. The van der Waals surface area contributed by atoms with Crippen molar-refractivity contribution < 1.29 is 9.53 Å². The van der Waals surface area contributed by atoms with Gasteiger partial charge in [-0.25, -0.2) is 0 Å². The zero-order valence-electron chi connectivity index (χ0n) is 13.6. The second kappa shape index (κ2) is 6.34. The molecule has 1 aromatic heterocycles. The third-order valence-corrected chi connectivity index (χ3v) is 4.53. The van der Waals surface area contributed by atoms with Gasteiger partial charge in [0.25, 0.3) is 0 Å². The highest BCUT2D eigenvalue weighted by molar-refractivity contribution is 5.81. The molecule has 1 amide bonds. The van der Waals surface area contributed by atoms with Gasteiger partial charge in [0.15, 0.2) is 0 Å². The molecule has 122 valence electrons. The lowest BCUT2D eigenvalue weighted by Gasteiger charge is -2.35. The molecular formula is C15H25N5O2. The lowest BCUT2D eigenvalue weighted by atomic mass is 9.79. The number of nitrogens with zero attached hydrogens (tertiary/aromatic N) is 4. The van der Waals surface area contributed by atoms with Crippen LogP contribution in [0.1, 0.15) is 43.3 Å². The number of ether oxygens (including phenoxy) is 1. The van der Waals surface area contributed by atoms with Crippen LogP contribution in [0.5, 0.6) is 0 Å². The fraction of sp³-hybridized carbons (Fsp3) is 0.800. The molecule has 0 spiro atoms. The molecule has 3 rings (SSSR count). The molecule has 2 heterocycles. The molecule has 0 radical (unpaired) electrons. The summed E-state index contributed by atoms with van der Waals surface area (Å²) in [6.07, 6.45) is 3.47. The van der Waals surface area contributed by atoms with Crippen molar-refractivity contribution in [3.8, 4) is 0 Å². The van der Waals surface area contributed by atoms with Crippen LogP contribution in [0.4, 0.5) is 0 Å². The van der Waals surface area contributed by atoms with E-state index in [1.165, 1.54) is 0 Å². The van der Waals surface area contributed by atoms with Crippen LogP contribution < -0.4 is 5.32 Å². The number of amides is 1. The van der Waals surface area contributed by atoms with E-state index in [1.54, 1.807) is 0 Å². The highest BCUT2D eigenvalue weighted by Gasteiger charge is 2.36. The second-order valence-corrected chi connectivity index (χ2v) is 6.65. The van der Waals surface area contributed by atoms with Crippen molar-refractivity contribution in [2.75, 3.05) is 20.7 Å². The molecule has 0 aromatic carbocycles. The summed E-state index contributed by atoms with van der Waals surface area (Å²) < 4.78 is 7.50. The minimum absolute atomic E-state index is 0.0483. The first-order chi connectivity index (χ1) is 10.5. The standard InChI is InChI=1S/C15H25N5O2/c1-19(2)9-13-17-18-14(20(13)3)10-7-11(8-10)16-15(21)12-5-4-6-22-12/h10-12H,4-9H2,1-3H3,(H,16,21)/t10?,11?,12-/m1/s1. The van der Waals surface area contributed by atoms with Crippen LogP contribution >= 0.6 is 0 Å². The van der Waals surface area contributed by atoms with Gasteiger partial charge in [-0.2, -0.15) is 0 Å². The Bertz CT molecular complexity index is 530. The SMILES string of the molecule is CN(C)Cc1nnc(C2CC(NC(=O)[C@H]3CCCO3)C2)n1C. The number of carbonyl (C=O) groups excluding carboxylic acids is 1. The molecule has 1 aliphatic carbocycles. The number of aromatic nitrogens is 3. The molecule has 0 bridgehead atoms. The number of nitrogens with one attached hydrogen (secondary N) is 1. The Morgan fingerprint density at radius 2 is 2.18 bits per heavy atom. The minimum atomic E-state index is -0.236. The minimum Gasteiger partial charge on any atom is -0.368 e. The molecule has 1 aliphatic heterocycles. The van der Waals surface area contributed by atoms with E-state index >= 15 is 0 Å². The first-order valence-corrected chi connectivity index (χ1v) is 7.99. The Balaban J connectivity index is 1.50. The van der Waals surface area contributed by atoms with Crippen molar-refractivity contribution in [2.45, 2.75) is 50.3 Å². The molecule has 1 saturated heterocycles. The van der Waals surface area contributed by atoms with Crippen molar-refractivity contribution >= 4 is 5.91 Å². The number of hydrogen-bond donors (Lipinski definition) is 1. The fourth-order valence-corrected chi connectivity index (χ4v) is 3.18. The number of hydrogen-bond acceptors (Lipinski definition) is 5. The summed E-state index contributed by atoms with van der Waals surface area (Å²) >= 11 is 0. The molecule has 22 heavy (non-hydrogen) atoms. The molecule has 1 aromatic rings. The van der Waals surface area contributed by atoms with E-state index in [-0.39, 0.29) is 18.1 Å². The topological polar surface area (TPSA) is 72.3 Å². The van der Waals surface area contributed by atoms with Gasteiger partial charge in [0, 0.05) is 25.6 Å². The Labute approximate surface area is 131 Å². The van der Waals surface area contributed by atoms with Gasteiger partial charge >= 0.3 is 0 Å². The van der Waals surface area contributed by atoms with Crippen LogP contribution in [0.15, 0.2) is 0 Å². The summed E-state index contributed by atoms with van der Waals surface area (Å²) in [5.41, 5.74) is 0. The van der Waals surface area contributed by atoms with Crippen molar-refractivity contribution in [3.63, 3.8) is 0 Å². The van der Waals surface area contributed by atoms with E-state index in [4.69, 9.17) is 4.74 Å². The first-order valence-electron chi connectivity index (χ1n) is 7.99. The van der Waals surface area contributed by atoms with E-state index < -0.39 is 0 Å². The third-order valence-electron chi connectivity index (χ3n) is 4.53. The molecule has 1 saturated carbocycles. The van der Waals surface area contributed by atoms with Crippen molar-refractivity contribution in [3.05, 3.63) is 11.6 Å². The molecular weight excluding hydrogens is 282 g/mol. The maximum atomic E-state index is 12.0. The van der Waals surface area contributed by atoms with Crippen LogP contribution in [0.25, 0.3) is 0 Å². The summed E-state index contributed by atoms with van der Waals surface area (Å²) in [5.74, 6) is 2.45. The van der Waals surface area contributed by atoms with Crippen molar-refractivity contribution in [2.24, 2.45) is 7.05 Å². The Hall–Kier alpha value is -1.47. The van der Waals surface area contributed by atoms with Gasteiger partial charge in [0.1, 0.15) is 17.8 Å². The van der Waals surface area contributed by atoms with Gasteiger partial charge in [-0.3, -0.25) is 4.79 Å². The van der Waals surface area contributed by atoms with Crippen LogP contribution in [-0.4, -0.2) is 58.4 Å². The van der Waals surface area contributed by atoms with E-state index in [0.29, 0.717) is 12.5 Å². The Morgan fingerprint density at radius 3 is 2.82 bits per heavy atom. The summed E-state index contributed by atoms with van der Waals surface area (Å²) in [4.78, 5) is 14.1. The quantitative estimate of drug-likeness (QED) is 0.853. The van der Waals surface area contributed by atoms with Gasteiger partial charge < -0.3 is 19.5 Å². The maximum Gasteiger partial charge on any atom is 0.249 e. The number of carbonyl (C=O) groups is 1. The zero-order valence-corrected chi connectivity index (χ0v) is 13.6. The molecule has 1 N–H and O–H groups in total. The highest BCUT2D eigenvalue weighted by atomic mass is 16.5. The predicted octanol–water partition coefficient (Wildman–Crippen LogP) is 0.418. The molecule has 2 aliphatic rings. The third kappa shape index (κ3) is 3.15.